The third-order valence-corrected chi connectivity index (χ3v) is 17.0. The lowest BCUT2D eigenvalue weighted by Gasteiger charge is -2.56. The second kappa shape index (κ2) is 17.6. The molecule has 3 atom stereocenters. The van der Waals surface area contributed by atoms with Crippen molar-refractivity contribution in [2.24, 2.45) is 10.8 Å². The fourth-order valence-electron chi connectivity index (χ4n) is 12.9. The number of piperazine rings is 2. The highest BCUT2D eigenvalue weighted by atomic mass is 19.1. The molecule has 7 fully saturated rings. The van der Waals surface area contributed by atoms with E-state index in [2.05, 4.69) is 30.3 Å². The minimum atomic E-state index is -1.01. The van der Waals surface area contributed by atoms with E-state index in [1.165, 1.54) is 24.3 Å². The molecule has 13 nitrogen and oxygen atoms in total. The number of amides is 2. The fourth-order valence-corrected chi connectivity index (χ4v) is 12.9. The topological polar surface area (TPSA) is 139 Å². The molecule has 12 rings (SSSR count). The maximum atomic E-state index is 17.2. The molecule has 2 aromatic heterocycles. The Hall–Kier alpha value is -5.65. The summed E-state index contributed by atoms with van der Waals surface area (Å²) >= 11 is 0. The Morgan fingerprint density at radius 1 is 0.843 bits per heavy atom. The van der Waals surface area contributed by atoms with Gasteiger partial charge in [-0.2, -0.15) is 9.97 Å². The van der Waals surface area contributed by atoms with Gasteiger partial charge < -0.3 is 29.9 Å². The Labute approximate surface area is 404 Å². The second-order valence-electron chi connectivity index (χ2n) is 21.5. The van der Waals surface area contributed by atoms with E-state index in [1.54, 1.807) is 18.3 Å². The Kier molecular flexibility index (Phi) is 11.4. The van der Waals surface area contributed by atoms with Gasteiger partial charge in [0.05, 0.1) is 17.9 Å². The first-order valence-electron chi connectivity index (χ1n) is 25.3. The number of aromatic nitrogens is 3. The predicted molar refractivity (Wildman–Crippen MR) is 257 cm³/mol. The number of carbonyl (C=O) groups is 2. The first-order chi connectivity index (χ1) is 33.8. The average Bonchev–Trinajstić information content (AvgIpc) is 4.03. The van der Waals surface area contributed by atoms with Gasteiger partial charge >= 0.3 is 6.01 Å². The number of piperidine rings is 2. The molecule has 2 bridgehead atoms. The average molecular weight is 962 g/mol. The number of pyridine rings is 1. The van der Waals surface area contributed by atoms with Gasteiger partial charge in [-0.1, -0.05) is 13.0 Å². The summed E-state index contributed by atoms with van der Waals surface area (Å²) in [5, 5.41) is 18.2. The zero-order valence-corrected chi connectivity index (χ0v) is 39.5. The number of phenols is 1. The lowest BCUT2D eigenvalue weighted by atomic mass is 9.60. The molecule has 0 radical (unpaired) electrons. The van der Waals surface area contributed by atoms with Crippen molar-refractivity contribution in [3.05, 3.63) is 77.0 Å². The van der Waals surface area contributed by atoms with Crippen molar-refractivity contribution in [2.75, 3.05) is 75.3 Å². The van der Waals surface area contributed by atoms with Gasteiger partial charge in [-0.15, -0.1) is 0 Å². The van der Waals surface area contributed by atoms with E-state index in [0.717, 1.165) is 97.2 Å². The van der Waals surface area contributed by atoms with Gasteiger partial charge in [-0.3, -0.25) is 24.8 Å². The highest BCUT2D eigenvalue weighted by Crippen LogP contribution is 2.53. The number of nitrogens with zero attached hydrogens (tertiary/aromatic N) is 7. The van der Waals surface area contributed by atoms with E-state index < -0.39 is 41.0 Å². The highest BCUT2D eigenvalue weighted by Gasteiger charge is 2.51. The first kappa shape index (κ1) is 45.5. The van der Waals surface area contributed by atoms with Gasteiger partial charge in [-0.05, 0) is 129 Å². The Morgan fingerprint density at radius 3 is 2.26 bits per heavy atom. The largest absolute Gasteiger partial charge is 0.508 e. The first-order valence-corrected chi connectivity index (χ1v) is 25.3. The van der Waals surface area contributed by atoms with Crippen LogP contribution in [0.15, 0.2) is 42.6 Å². The van der Waals surface area contributed by atoms with E-state index in [0.29, 0.717) is 88.4 Å². The molecule has 5 aromatic rings. The lowest BCUT2D eigenvalue weighted by Crippen LogP contribution is -2.59. The molecule has 368 valence electrons. The number of carbonyl (C=O) groups excluding carboxylic acids is 2. The molecule has 5 aliphatic heterocycles. The molecular formula is C53H59F4N9O4. The summed E-state index contributed by atoms with van der Waals surface area (Å²) in [6.45, 7) is 9.59. The number of halogens is 4. The number of fused-ring (bicyclic) bond motifs is 4. The van der Waals surface area contributed by atoms with Crippen LogP contribution < -0.4 is 25.2 Å². The minimum absolute atomic E-state index is 0.0186. The number of phenolic OH excluding ortho intramolecular Hbond substituents is 1. The molecule has 7 aliphatic rings. The number of hydrogen-bond acceptors (Lipinski definition) is 12. The third-order valence-electron chi connectivity index (χ3n) is 17.0. The fraction of sp³-hybridized carbons (Fsp3) is 0.528. The maximum absolute atomic E-state index is 17.2. The van der Waals surface area contributed by atoms with Gasteiger partial charge in [-0.25, -0.2) is 17.6 Å². The number of imide groups is 1. The number of rotatable bonds is 11. The Bertz CT molecular complexity index is 2880. The van der Waals surface area contributed by atoms with Crippen molar-refractivity contribution >= 4 is 45.0 Å². The van der Waals surface area contributed by atoms with Crippen LogP contribution in [0, 0.1) is 34.1 Å². The van der Waals surface area contributed by atoms with E-state index in [9.17, 15) is 14.7 Å². The summed E-state index contributed by atoms with van der Waals surface area (Å²) in [7, 11) is 0. The van der Waals surface area contributed by atoms with Crippen LogP contribution in [-0.4, -0.2) is 125 Å². The maximum Gasteiger partial charge on any atom is 0.319 e. The number of aryl methyl sites for hydroxylation is 1. The van der Waals surface area contributed by atoms with E-state index in [4.69, 9.17) is 14.7 Å². The van der Waals surface area contributed by atoms with Crippen LogP contribution in [0.25, 0.3) is 32.9 Å². The molecule has 2 aliphatic carbocycles. The molecular weight excluding hydrogens is 903 g/mol. The standard InChI is InChI=1S/C53H59F4N9O4/c1-2-36-40(54)7-3-30-19-35(67)22-38(44(30)36)47-46(57)48-39(25-58-47)49(66-26-31-4-5-32(27-66)59-31)62-51(61-48)70-29-53(9-10-53)28-63-13-11-52(12-14-63)23-34(24-52)65-17-15-64(16-18-65)33-20-41(55)45(42(56)21-33)37-6-8-43(68)60-50(37)69/h3,7,19-22,25,31-32,34,37,59,67H,2,4-6,8-18,23-24,26-29H2,1H3,(H,60,68,69). The normalized spacial score (nSPS) is 24.7. The van der Waals surface area contributed by atoms with Gasteiger partial charge in [0, 0.05) is 98.8 Å². The number of likely N-dealkylation sites (tertiary alicyclic amines) is 1. The number of aromatic hydroxyl groups is 1. The van der Waals surface area contributed by atoms with Crippen molar-refractivity contribution in [3.63, 3.8) is 0 Å². The molecule has 3 N–H and O–H groups in total. The summed E-state index contributed by atoms with van der Waals surface area (Å²) in [6.07, 6.45) is 10.9. The van der Waals surface area contributed by atoms with Gasteiger partial charge in [0.1, 0.15) is 40.2 Å². The smallest absolute Gasteiger partial charge is 0.319 e. The van der Waals surface area contributed by atoms with Crippen molar-refractivity contribution in [2.45, 2.75) is 102 Å². The summed E-state index contributed by atoms with van der Waals surface area (Å²) in [6, 6.07) is 9.86. The summed E-state index contributed by atoms with van der Waals surface area (Å²) in [4.78, 5) is 47.6. The van der Waals surface area contributed by atoms with Crippen LogP contribution in [0.4, 0.5) is 29.1 Å². The number of nitrogens with one attached hydrogen (secondary N) is 2. The summed E-state index contributed by atoms with van der Waals surface area (Å²) < 4.78 is 69.5. The molecule has 70 heavy (non-hydrogen) atoms. The molecule has 1 spiro atoms. The SMILES string of the molecule is CCc1c(F)ccc2cc(O)cc(-c3ncc4c(N5CC6CCC(C5)N6)nc(OCC5(CN6CCC7(CC6)CC(N6CCN(c8cc(F)c(C9CCC(=O)NC9=O)c(F)c8)CC6)C7)CC5)nc4c3F)c12. The molecule has 2 saturated carbocycles. The molecule has 3 unspecified atom stereocenters. The Morgan fingerprint density at radius 2 is 1.57 bits per heavy atom. The molecule has 7 heterocycles. The summed E-state index contributed by atoms with van der Waals surface area (Å²) in [5.41, 5.74) is 1.29. The number of hydrogen-bond donors (Lipinski definition) is 3. The zero-order valence-electron chi connectivity index (χ0n) is 39.5. The van der Waals surface area contributed by atoms with Crippen LogP contribution >= 0.6 is 0 Å². The van der Waals surface area contributed by atoms with E-state index in [-0.39, 0.29) is 46.8 Å². The lowest BCUT2D eigenvalue weighted by molar-refractivity contribution is -0.134. The van der Waals surface area contributed by atoms with Gasteiger partial charge in [0.15, 0.2) is 5.82 Å². The quantitative estimate of drug-likeness (QED) is 0.0902. The monoisotopic (exact) mass is 961 g/mol. The van der Waals surface area contributed by atoms with Crippen LogP contribution in [-0.2, 0) is 16.0 Å². The predicted octanol–water partition coefficient (Wildman–Crippen LogP) is 7.36. The zero-order chi connectivity index (χ0) is 48.1. The number of benzene rings is 3. The van der Waals surface area contributed by atoms with Crippen LogP contribution in [0.2, 0.25) is 0 Å². The molecule has 2 amide bonds. The van der Waals surface area contributed by atoms with Gasteiger partial charge in [0.25, 0.3) is 0 Å². The van der Waals surface area contributed by atoms with Crippen molar-refractivity contribution in [1.29, 1.82) is 0 Å². The minimum Gasteiger partial charge on any atom is -0.508 e. The van der Waals surface area contributed by atoms with E-state index in [1.807, 2.05) is 11.8 Å². The van der Waals surface area contributed by atoms with Crippen LogP contribution in [0.1, 0.15) is 88.2 Å². The van der Waals surface area contributed by atoms with Crippen LogP contribution in [0.5, 0.6) is 11.8 Å². The molecule has 3 aromatic carbocycles. The van der Waals surface area contributed by atoms with Crippen molar-refractivity contribution in [1.82, 2.24) is 35.4 Å². The van der Waals surface area contributed by atoms with E-state index >= 15 is 17.6 Å². The second-order valence-corrected chi connectivity index (χ2v) is 21.5. The van der Waals surface area contributed by atoms with Gasteiger partial charge in [0.2, 0.25) is 11.8 Å². The number of anilines is 2. The number of ether oxygens (including phenoxy) is 1. The molecule has 5 saturated heterocycles. The third kappa shape index (κ3) is 8.28. The Balaban J connectivity index is 0.691. The summed E-state index contributed by atoms with van der Waals surface area (Å²) in [5.74, 6) is -4.13. The molecule has 17 heteroatoms. The highest BCUT2D eigenvalue weighted by molar-refractivity contribution is 6.02. The van der Waals surface area contributed by atoms with Crippen molar-refractivity contribution < 1.29 is 37.0 Å². The van der Waals surface area contributed by atoms with Crippen molar-refractivity contribution in [3.8, 4) is 23.0 Å². The van der Waals surface area contributed by atoms with Crippen LogP contribution in [0.3, 0.4) is 0 Å².